The standard InChI is InChI=1S/C20H33N7/c1-15-4-7-23-19-17(15)20(25-14-24-19)27-11-5-16(6-12-27)18(21)22-8-13-26-9-2-3-10-26/h14-16H,2-13H2,1H3,(H2,21,22)(H,23,24,25). The van der Waals surface area contributed by atoms with Gasteiger partial charge in [-0.15, -0.1) is 0 Å². The molecule has 0 radical (unpaired) electrons. The van der Waals surface area contributed by atoms with Crippen molar-refractivity contribution in [2.24, 2.45) is 16.6 Å². The SMILES string of the molecule is CC1CCNc2ncnc(N3CCC(C(N)=NCCN4CCCC4)CC3)c21. The summed E-state index contributed by atoms with van der Waals surface area (Å²) >= 11 is 0. The number of nitrogens with two attached hydrogens (primary N) is 1. The van der Waals surface area contributed by atoms with Gasteiger partial charge < -0.3 is 20.9 Å². The van der Waals surface area contributed by atoms with E-state index in [0.717, 1.165) is 69.5 Å². The largest absolute Gasteiger partial charge is 0.387 e. The second-order valence-electron chi connectivity index (χ2n) is 8.19. The minimum Gasteiger partial charge on any atom is -0.387 e. The van der Waals surface area contributed by atoms with Crippen LogP contribution in [0.3, 0.4) is 0 Å². The minimum absolute atomic E-state index is 0.410. The third kappa shape index (κ3) is 4.18. The van der Waals surface area contributed by atoms with Gasteiger partial charge in [0.1, 0.15) is 18.0 Å². The van der Waals surface area contributed by atoms with Gasteiger partial charge in [0.2, 0.25) is 0 Å². The van der Waals surface area contributed by atoms with Crippen LogP contribution in [-0.4, -0.2) is 66.5 Å². The highest BCUT2D eigenvalue weighted by atomic mass is 15.2. The number of piperidine rings is 1. The number of likely N-dealkylation sites (tertiary alicyclic amines) is 1. The first-order valence-electron chi connectivity index (χ1n) is 10.6. The zero-order valence-corrected chi connectivity index (χ0v) is 16.5. The average Bonchev–Trinajstić information content (AvgIpc) is 3.21. The monoisotopic (exact) mass is 371 g/mol. The van der Waals surface area contributed by atoms with E-state index in [1.165, 1.54) is 31.5 Å². The Morgan fingerprint density at radius 1 is 1.19 bits per heavy atom. The third-order valence-corrected chi connectivity index (χ3v) is 6.35. The van der Waals surface area contributed by atoms with Gasteiger partial charge in [-0.1, -0.05) is 6.92 Å². The predicted octanol–water partition coefficient (Wildman–Crippen LogP) is 2.07. The summed E-state index contributed by atoms with van der Waals surface area (Å²) in [5, 5.41) is 3.42. The highest BCUT2D eigenvalue weighted by Crippen LogP contribution is 2.37. The number of fused-ring (bicyclic) bond motifs is 1. The molecule has 7 heteroatoms. The highest BCUT2D eigenvalue weighted by Gasteiger charge is 2.28. The van der Waals surface area contributed by atoms with E-state index in [1.54, 1.807) is 6.33 Å². The fraction of sp³-hybridized carbons (Fsp3) is 0.750. The Morgan fingerprint density at radius 3 is 2.74 bits per heavy atom. The Hall–Kier alpha value is -1.89. The van der Waals surface area contributed by atoms with Crippen molar-refractivity contribution in [3.05, 3.63) is 11.9 Å². The number of amidine groups is 1. The summed E-state index contributed by atoms with van der Waals surface area (Å²) < 4.78 is 0. The van der Waals surface area contributed by atoms with Crippen molar-refractivity contribution >= 4 is 17.5 Å². The summed E-state index contributed by atoms with van der Waals surface area (Å²) in [7, 11) is 0. The molecule has 4 heterocycles. The summed E-state index contributed by atoms with van der Waals surface area (Å²) in [6.07, 6.45) is 7.61. The van der Waals surface area contributed by atoms with Crippen molar-refractivity contribution in [1.82, 2.24) is 14.9 Å². The molecule has 3 N–H and O–H groups in total. The molecule has 148 valence electrons. The molecule has 3 aliphatic heterocycles. The Morgan fingerprint density at radius 2 is 1.96 bits per heavy atom. The van der Waals surface area contributed by atoms with Crippen molar-refractivity contribution in [3.8, 4) is 0 Å². The predicted molar refractivity (Wildman–Crippen MR) is 111 cm³/mol. The number of hydrogen-bond acceptors (Lipinski definition) is 6. The van der Waals surface area contributed by atoms with Gasteiger partial charge in [-0.25, -0.2) is 9.97 Å². The molecule has 0 spiro atoms. The molecule has 0 aliphatic carbocycles. The first kappa shape index (κ1) is 18.5. The maximum atomic E-state index is 6.33. The van der Waals surface area contributed by atoms with Crippen LogP contribution < -0.4 is 16.0 Å². The number of rotatable bonds is 5. The number of aliphatic imine (C=N–C) groups is 1. The van der Waals surface area contributed by atoms with Crippen LogP contribution in [0.5, 0.6) is 0 Å². The Labute approximate surface area is 162 Å². The Kier molecular flexibility index (Phi) is 5.76. The maximum absolute atomic E-state index is 6.33. The first-order valence-corrected chi connectivity index (χ1v) is 10.6. The zero-order valence-electron chi connectivity index (χ0n) is 16.5. The molecule has 0 saturated carbocycles. The number of hydrogen-bond donors (Lipinski definition) is 2. The van der Waals surface area contributed by atoms with Gasteiger partial charge in [0.25, 0.3) is 0 Å². The van der Waals surface area contributed by atoms with Gasteiger partial charge in [0.05, 0.1) is 12.4 Å². The van der Waals surface area contributed by atoms with E-state index < -0.39 is 0 Å². The van der Waals surface area contributed by atoms with E-state index in [9.17, 15) is 0 Å². The average molecular weight is 372 g/mol. The van der Waals surface area contributed by atoms with Crippen molar-refractivity contribution in [2.45, 2.75) is 44.9 Å². The molecule has 7 nitrogen and oxygen atoms in total. The lowest BCUT2D eigenvalue weighted by atomic mass is 9.92. The maximum Gasteiger partial charge on any atom is 0.137 e. The van der Waals surface area contributed by atoms with Gasteiger partial charge in [0.15, 0.2) is 0 Å². The minimum atomic E-state index is 0.410. The van der Waals surface area contributed by atoms with Crippen LogP contribution in [0, 0.1) is 5.92 Å². The van der Waals surface area contributed by atoms with Crippen LogP contribution >= 0.6 is 0 Å². The number of nitrogens with one attached hydrogen (secondary N) is 1. The van der Waals surface area contributed by atoms with Crippen molar-refractivity contribution in [1.29, 1.82) is 0 Å². The molecule has 0 bridgehead atoms. The van der Waals surface area contributed by atoms with Crippen LogP contribution in [0.1, 0.15) is 50.5 Å². The molecule has 1 aromatic rings. The summed E-state index contributed by atoms with van der Waals surface area (Å²) in [4.78, 5) is 18.7. The number of aromatic nitrogens is 2. The second-order valence-corrected chi connectivity index (χ2v) is 8.19. The Balaban J connectivity index is 1.34. The van der Waals surface area contributed by atoms with Crippen molar-refractivity contribution in [3.63, 3.8) is 0 Å². The quantitative estimate of drug-likeness (QED) is 0.609. The molecule has 2 saturated heterocycles. The number of anilines is 2. The lowest BCUT2D eigenvalue weighted by Gasteiger charge is -2.35. The van der Waals surface area contributed by atoms with E-state index in [1.807, 2.05) is 0 Å². The first-order chi connectivity index (χ1) is 13.2. The van der Waals surface area contributed by atoms with E-state index in [2.05, 4.69) is 32.0 Å². The van der Waals surface area contributed by atoms with Gasteiger partial charge in [-0.05, 0) is 51.1 Å². The molecular formula is C20H33N7. The van der Waals surface area contributed by atoms with E-state index in [-0.39, 0.29) is 0 Å². The smallest absolute Gasteiger partial charge is 0.137 e. The number of nitrogens with zero attached hydrogens (tertiary/aromatic N) is 5. The molecule has 3 aliphatic rings. The van der Waals surface area contributed by atoms with E-state index in [0.29, 0.717) is 11.8 Å². The molecule has 27 heavy (non-hydrogen) atoms. The van der Waals surface area contributed by atoms with E-state index >= 15 is 0 Å². The fourth-order valence-electron chi connectivity index (χ4n) is 4.63. The fourth-order valence-corrected chi connectivity index (χ4v) is 4.63. The summed E-state index contributed by atoms with van der Waals surface area (Å²) in [6.45, 7) is 9.61. The molecule has 4 rings (SSSR count). The molecule has 1 unspecified atom stereocenters. The molecule has 0 aromatic carbocycles. The van der Waals surface area contributed by atoms with Crippen molar-refractivity contribution in [2.75, 3.05) is 56.0 Å². The zero-order chi connectivity index (χ0) is 18.6. The van der Waals surface area contributed by atoms with Crippen LogP contribution in [0.2, 0.25) is 0 Å². The van der Waals surface area contributed by atoms with Gasteiger partial charge in [0, 0.05) is 37.7 Å². The van der Waals surface area contributed by atoms with Crippen LogP contribution in [-0.2, 0) is 0 Å². The molecule has 0 amide bonds. The van der Waals surface area contributed by atoms with Gasteiger partial charge in [-0.2, -0.15) is 0 Å². The summed E-state index contributed by atoms with van der Waals surface area (Å²) in [5.74, 6) is 3.90. The molecular weight excluding hydrogens is 338 g/mol. The molecule has 1 aromatic heterocycles. The second kappa shape index (κ2) is 8.42. The molecule has 2 fully saturated rings. The van der Waals surface area contributed by atoms with Crippen molar-refractivity contribution < 1.29 is 0 Å². The summed E-state index contributed by atoms with van der Waals surface area (Å²) in [6, 6.07) is 0. The van der Waals surface area contributed by atoms with Crippen LogP contribution in [0.4, 0.5) is 11.6 Å². The third-order valence-electron chi connectivity index (χ3n) is 6.35. The normalized spacial score (nSPS) is 24.7. The van der Waals surface area contributed by atoms with E-state index in [4.69, 9.17) is 10.7 Å². The lowest BCUT2D eigenvalue weighted by molar-refractivity contribution is 0.348. The summed E-state index contributed by atoms with van der Waals surface area (Å²) in [5.41, 5.74) is 7.61. The van der Waals surface area contributed by atoms with Crippen LogP contribution in [0.15, 0.2) is 11.3 Å². The van der Waals surface area contributed by atoms with Gasteiger partial charge >= 0.3 is 0 Å². The lowest BCUT2D eigenvalue weighted by Crippen LogP contribution is -2.40. The molecule has 1 atom stereocenters. The highest BCUT2D eigenvalue weighted by molar-refractivity contribution is 5.83. The van der Waals surface area contributed by atoms with Gasteiger partial charge in [-0.3, -0.25) is 4.99 Å². The Bertz CT molecular complexity index is 660. The van der Waals surface area contributed by atoms with Crippen LogP contribution in [0.25, 0.3) is 0 Å². The topological polar surface area (TPSA) is 82.7 Å².